The van der Waals surface area contributed by atoms with Crippen molar-refractivity contribution >= 4 is 0 Å². The standard InChI is InChI=1S/C16H26N2O/c1-5-14-10-13(6-7-15(14)19-4)11-18-9-8-17-12-16(18,2)3/h6-7,10,17H,5,8-9,11-12H2,1-4H3. The van der Waals surface area contributed by atoms with Crippen LogP contribution in [-0.2, 0) is 13.0 Å². The molecule has 1 heterocycles. The van der Waals surface area contributed by atoms with E-state index in [2.05, 4.69) is 49.2 Å². The molecule has 1 fully saturated rings. The number of hydrogen-bond acceptors (Lipinski definition) is 3. The van der Waals surface area contributed by atoms with Gasteiger partial charge in [0.05, 0.1) is 7.11 Å². The van der Waals surface area contributed by atoms with Crippen LogP contribution in [0.2, 0.25) is 0 Å². The summed E-state index contributed by atoms with van der Waals surface area (Å²) in [5.74, 6) is 1.01. The first-order valence-electron chi connectivity index (χ1n) is 7.18. The lowest BCUT2D eigenvalue weighted by Gasteiger charge is -2.43. The number of piperazine rings is 1. The summed E-state index contributed by atoms with van der Waals surface area (Å²) in [6, 6.07) is 6.58. The monoisotopic (exact) mass is 262 g/mol. The maximum Gasteiger partial charge on any atom is 0.122 e. The van der Waals surface area contributed by atoms with Crippen molar-refractivity contribution in [2.45, 2.75) is 39.3 Å². The van der Waals surface area contributed by atoms with Gasteiger partial charge in [-0.15, -0.1) is 0 Å². The number of methoxy groups -OCH3 is 1. The topological polar surface area (TPSA) is 24.5 Å². The van der Waals surface area contributed by atoms with E-state index in [0.29, 0.717) is 0 Å². The van der Waals surface area contributed by atoms with Crippen molar-refractivity contribution in [3.8, 4) is 5.75 Å². The van der Waals surface area contributed by atoms with Gasteiger partial charge in [0, 0.05) is 31.7 Å². The molecular weight excluding hydrogens is 236 g/mol. The molecule has 1 aromatic carbocycles. The lowest BCUT2D eigenvalue weighted by atomic mass is 9.98. The third kappa shape index (κ3) is 3.28. The summed E-state index contributed by atoms with van der Waals surface area (Å²) in [7, 11) is 1.74. The van der Waals surface area contributed by atoms with E-state index >= 15 is 0 Å². The predicted molar refractivity (Wildman–Crippen MR) is 79.7 cm³/mol. The van der Waals surface area contributed by atoms with Crippen LogP contribution in [0.4, 0.5) is 0 Å². The Balaban J connectivity index is 2.14. The van der Waals surface area contributed by atoms with Gasteiger partial charge < -0.3 is 10.1 Å². The molecule has 1 N–H and O–H groups in total. The second-order valence-electron chi connectivity index (χ2n) is 5.91. The quantitative estimate of drug-likeness (QED) is 0.902. The minimum atomic E-state index is 0.227. The van der Waals surface area contributed by atoms with Crippen LogP contribution in [0.1, 0.15) is 31.9 Å². The fourth-order valence-electron chi connectivity index (χ4n) is 2.74. The van der Waals surface area contributed by atoms with Gasteiger partial charge in [0.25, 0.3) is 0 Å². The highest BCUT2D eigenvalue weighted by molar-refractivity contribution is 5.37. The van der Waals surface area contributed by atoms with Crippen LogP contribution in [0.25, 0.3) is 0 Å². The second-order valence-corrected chi connectivity index (χ2v) is 5.91. The zero-order valence-electron chi connectivity index (χ0n) is 12.6. The highest BCUT2D eigenvalue weighted by atomic mass is 16.5. The molecule has 0 unspecified atom stereocenters. The zero-order chi connectivity index (χ0) is 13.9. The number of ether oxygens (including phenoxy) is 1. The Kier molecular flexibility index (Phi) is 4.48. The summed E-state index contributed by atoms with van der Waals surface area (Å²) >= 11 is 0. The van der Waals surface area contributed by atoms with E-state index in [9.17, 15) is 0 Å². The third-order valence-corrected chi connectivity index (χ3v) is 4.07. The minimum Gasteiger partial charge on any atom is -0.496 e. The molecule has 0 bridgehead atoms. The molecule has 19 heavy (non-hydrogen) atoms. The number of aryl methyl sites for hydroxylation is 1. The molecule has 106 valence electrons. The summed E-state index contributed by atoms with van der Waals surface area (Å²) in [6.07, 6.45) is 1.02. The van der Waals surface area contributed by atoms with Gasteiger partial charge in [-0.1, -0.05) is 19.1 Å². The molecule has 0 aromatic heterocycles. The molecule has 0 amide bonds. The molecule has 1 aliphatic rings. The van der Waals surface area contributed by atoms with Crippen LogP contribution in [0.5, 0.6) is 5.75 Å². The molecule has 3 heteroatoms. The van der Waals surface area contributed by atoms with Crippen LogP contribution >= 0.6 is 0 Å². The molecule has 0 spiro atoms. The van der Waals surface area contributed by atoms with Gasteiger partial charge in [0.15, 0.2) is 0 Å². The van der Waals surface area contributed by atoms with Gasteiger partial charge >= 0.3 is 0 Å². The van der Waals surface area contributed by atoms with E-state index < -0.39 is 0 Å². The zero-order valence-corrected chi connectivity index (χ0v) is 12.6. The first kappa shape index (κ1) is 14.4. The van der Waals surface area contributed by atoms with E-state index in [-0.39, 0.29) is 5.54 Å². The van der Waals surface area contributed by atoms with E-state index in [0.717, 1.165) is 38.3 Å². The van der Waals surface area contributed by atoms with E-state index in [1.807, 2.05) is 0 Å². The van der Waals surface area contributed by atoms with Crippen LogP contribution < -0.4 is 10.1 Å². The van der Waals surface area contributed by atoms with Crippen LogP contribution in [-0.4, -0.2) is 37.2 Å². The number of hydrogen-bond donors (Lipinski definition) is 1. The fourth-order valence-corrected chi connectivity index (χ4v) is 2.74. The summed E-state index contributed by atoms with van der Waals surface area (Å²) in [4.78, 5) is 2.56. The van der Waals surface area contributed by atoms with Gasteiger partial charge in [0.2, 0.25) is 0 Å². The van der Waals surface area contributed by atoms with Gasteiger partial charge in [-0.3, -0.25) is 4.90 Å². The van der Waals surface area contributed by atoms with Crippen molar-refractivity contribution in [1.29, 1.82) is 0 Å². The molecule has 2 rings (SSSR count). The van der Waals surface area contributed by atoms with Crippen molar-refractivity contribution < 1.29 is 4.74 Å². The third-order valence-electron chi connectivity index (χ3n) is 4.07. The van der Waals surface area contributed by atoms with Crippen molar-refractivity contribution in [1.82, 2.24) is 10.2 Å². The normalized spacial score (nSPS) is 19.4. The molecule has 0 radical (unpaired) electrons. The van der Waals surface area contributed by atoms with E-state index in [1.165, 1.54) is 11.1 Å². The summed E-state index contributed by atoms with van der Waals surface area (Å²) in [6.45, 7) is 11.1. The minimum absolute atomic E-state index is 0.227. The lowest BCUT2D eigenvalue weighted by Crippen LogP contribution is -2.57. The SMILES string of the molecule is CCc1cc(CN2CCNCC2(C)C)ccc1OC. The predicted octanol–water partition coefficient (Wildman–Crippen LogP) is 2.44. The Morgan fingerprint density at radius 2 is 2.16 bits per heavy atom. The Hall–Kier alpha value is -1.06. The first-order valence-corrected chi connectivity index (χ1v) is 7.18. The largest absolute Gasteiger partial charge is 0.496 e. The number of rotatable bonds is 4. The Morgan fingerprint density at radius 1 is 1.37 bits per heavy atom. The number of nitrogens with one attached hydrogen (secondary N) is 1. The highest BCUT2D eigenvalue weighted by Gasteiger charge is 2.29. The summed E-state index contributed by atoms with van der Waals surface area (Å²) < 4.78 is 5.40. The van der Waals surface area contributed by atoms with E-state index in [1.54, 1.807) is 7.11 Å². The van der Waals surface area contributed by atoms with Crippen molar-refractivity contribution in [3.63, 3.8) is 0 Å². The Morgan fingerprint density at radius 3 is 2.79 bits per heavy atom. The fraction of sp³-hybridized carbons (Fsp3) is 0.625. The lowest BCUT2D eigenvalue weighted by molar-refractivity contribution is 0.0827. The number of nitrogens with zero attached hydrogens (tertiary/aromatic N) is 1. The maximum absolute atomic E-state index is 5.40. The molecule has 1 aliphatic heterocycles. The van der Waals surface area contributed by atoms with Crippen molar-refractivity contribution in [3.05, 3.63) is 29.3 Å². The average Bonchev–Trinajstić information content (AvgIpc) is 2.41. The van der Waals surface area contributed by atoms with Gasteiger partial charge in [-0.05, 0) is 37.5 Å². The highest BCUT2D eigenvalue weighted by Crippen LogP contribution is 2.24. The van der Waals surface area contributed by atoms with Crippen LogP contribution in [0.15, 0.2) is 18.2 Å². The van der Waals surface area contributed by atoms with E-state index in [4.69, 9.17) is 4.74 Å². The average molecular weight is 262 g/mol. The van der Waals surface area contributed by atoms with Crippen LogP contribution in [0, 0.1) is 0 Å². The molecule has 0 aliphatic carbocycles. The van der Waals surface area contributed by atoms with Gasteiger partial charge in [-0.2, -0.15) is 0 Å². The van der Waals surface area contributed by atoms with Gasteiger partial charge in [-0.25, -0.2) is 0 Å². The summed E-state index contributed by atoms with van der Waals surface area (Å²) in [5.41, 5.74) is 2.91. The van der Waals surface area contributed by atoms with Crippen molar-refractivity contribution in [2.75, 3.05) is 26.7 Å². The maximum atomic E-state index is 5.40. The first-order chi connectivity index (χ1) is 9.06. The molecule has 0 atom stereocenters. The molecule has 1 aromatic rings. The Labute approximate surface area is 116 Å². The molecular formula is C16H26N2O. The van der Waals surface area contributed by atoms with Gasteiger partial charge in [0.1, 0.15) is 5.75 Å². The number of benzene rings is 1. The molecule has 1 saturated heterocycles. The smallest absolute Gasteiger partial charge is 0.122 e. The van der Waals surface area contributed by atoms with Crippen LogP contribution in [0.3, 0.4) is 0 Å². The summed E-state index contributed by atoms with van der Waals surface area (Å²) in [5, 5.41) is 3.47. The van der Waals surface area contributed by atoms with Crippen molar-refractivity contribution in [2.24, 2.45) is 0 Å². The molecule has 3 nitrogen and oxygen atoms in total. The second kappa shape index (κ2) is 5.93. The molecule has 0 saturated carbocycles. The Bertz CT molecular complexity index is 429.